The molecule has 112 valence electrons. The number of H-pyrrole nitrogens is 1. The molecule has 0 radical (unpaired) electrons. The van der Waals surface area contributed by atoms with Crippen LogP contribution in [-0.4, -0.2) is 24.2 Å². The van der Waals surface area contributed by atoms with Gasteiger partial charge in [-0.1, -0.05) is 18.2 Å². The van der Waals surface area contributed by atoms with Gasteiger partial charge in [-0.3, -0.25) is 0 Å². The Bertz CT molecular complexity index is 613. The van der Waals surface area contributed by atoms with Gasteiger partial charge >= 0.3 is 0 Å². The third-order valence-corrected chi connectivity index (χ3v) is 5.00. The van der Waals surface area contributed by atoms with Crippen molar-refractivity contribution in [3.05, 3.63) is 35.5 Å². The Hall–Kier alpha value is -1.32. The second-order valence-electron chi connectivity index (χ2n) is 6.39. The van der Waals surface area contributed by atoms with E-state index in [-0.39, 0.29) is 0 Å². The highest BCUT2D eigenvalue weighted by molar-refractivity contribution is 5.85. The molecule has 1 aromatic carbocycles. The lowest BCUT2D eigenvalue weighted by Gasteiger charge is -2.24. The van der Waals surface area contributed by atoms with Crippen molar-refractivity contribution in [3.63, 3.8) is 0 Å². The molecule has 1 fully saturated rings. The van der Waals surface area contributed by atoms with E-state index in [1.54, 1.807) is 0 Å². The summed E-state index contributed by atoms with van der Waals surface area (Å²) < 4.78 is 5.71. The molecule has 1 aliphatic carbocycles. The maximum atomic E-state index is 5.71. The highest BCUT2D eigenvalue weighted by Crippen LogP contribution is 2.34. The molecule has 1 aliphatic heterocycles. The van der Waals surface area contributed by atoms with Gasteiger partial charge in [0.15, 0.2) is 0 Å². The molecule has 4 rings (SSSR count). The quantitative estimate of drug-likeness (QED) is 0.898. The second kappa shape index (κ2) is 5.82. The molecular formula is C18H24N2O. The molecule has 1 saturated heterocycles. The first kappa shape index (κ1) is 13.4. The molecule has 0 saturated carbocycles. The zero-order valence-electron chi connectivity index (χ0n) is 12.5. The summed E-state index contributed by atoms with van der Waals surface area (Å²) in [6, 6.07) is 9.19. The van der Waals surface area contributed by atoms with Crippen molar-refractivity contribution in [2.75, 3.05) is 13.2 Å². The second-order valence-corrected chi connectivity index (χ2v) is 6.39. The van der Waals surface area contributed by atoms with Gasteiger partial charge in [0.1, 0.15) is 0 Å². The monoisotopic (exact) mass is 284 g/mol. The number of fused-ring (bicyclic) bond motifs is 3. The summed E-state index contributed by atoms with van der Waals surface area (Å²) in [6.07, 6.45) is 7.85. The third kappa shape index (κ3) is 2.60. The Morgan fingerprint density at radius 2 is 2.14 bits per heavy atom. The minimum absolute atomic E-state index is 0.488. The van der Waals surface area contributed by atoms with E-state index in [4.69, 9.17) is 4.74 Å². The fourth-order valence-corrected chi connectivity index (χ4v) is 3.91. The van der Waals surface area contributed by atoms with E-state index in [9.17, 15) is 0 Å². The number of benzene rings is 1. The molecule has 2 aromatic rings. The van der Waals surface area contributed by atoms with Crippen molar-refractivity contribution in [3.8, 4) is 0 Å². The van der Waals surface area contributed by atoms with Crippen LogP contribution in [0.2, 0.25) is 0 Å². The van der Waals surface area contributed by atoms with E-state index in [1.807, 2.05) is 0 Å². The van der Waals surface area contributed by atoms with Crippen LogP contribution in [0.15, 0.2) is 24.3 Å². The van der Waals surface area contributed by atoms with Gasteiger partial charge in [0, 0.05) is 29.2 Å². The fourth-order valence-electron chi connectivity index (χ4n) is 3.91. The molecular weight excluding hydrogens is 260 g/mol. The summed E-state index contributed by atoms with van der Waals surface area (Å²) in [5.74, 6) is 0. The van der Waals surface area contributed by atoms with Gasteiger partial charge in [-0.25, -0.2) is 0 Å². The van der Waals surface area contributed by atoms with Crippen LogP contribution >= 0.6 is 0 Å². The van der Waals surface area contributed by atoms with Gasteiger partial charge in [0.2, 0.25) is 0 Å². The van der Waals surface area contributed by atoms with Crippen molar-refractivity contribution < 1.29 is 4.74 Å². The van der Waals surface area contributed by atoms with Crippen LogP contribution in [0.4, 0.5) is 0 Å². The largest absolute Gasteiger partial charge is 0.378 e. The van der Waals surface area contributed by atoms with Gasteiger partial charge in [0.25, 0.3) is 0 Å². The van der Waals surface area contributed by atoms with Gasteiger partial charge < -0.3 is 15.0 Å². The zero-order chi connectivity index (χ0) is 14.1. The smallest absolute Gasteiger partial charge is 0.0588 e. The average Bonchev–Trinajstić information content (AvgIpc) is 3.15. The minimum Gasteiger partial charge on any atom is -0.378 e. The first-order chi connectivity index (χ1) is 10.4. The summed E-state index contributed by atoms with van der Waals surface area (Å²) in [5.41, 5.74) is 4.25. The van der Waals surface area contributed by atoms with Gasteiger partial charge in [-0.15, -0.1) is 0 Å². The minimum atomic E-state index is 0.488. The highest BCUT2D eigenvalue weighted by atomic mass is 16.5. The first-order valence-electron chi connectivity index (χ1n) is 8.36. The summed E-state index contributed by atoms with van der Waals surface area (Å²) in [4.78, 5) is 3.65. The number of hydrogen-bond acceptors (Lipinski definition) is 2. The predicted molar refractivity (Wildman–Crippen MR) is 85.6 cm³/mol. The summed E-state index contributed by atoms with van der Waals surface area (Å²) in [5, 5.41) is 5.17. The zero-order valence-corrected chi connectivity index (χ0v) is 12.5. The van der Waals surface area contributed by atoms with Crippen LogP contribution < -0.4 is 5.32 Å². The Balaban J connectivity index is 1.47. The molecule has 2 unspecified atom stereocenters. The number of nitrogens with one attached hydrogen (secondary N) is 2. The number of para-hydroxylation sites is 1. The summed E-state index contributed by atoms with van der Waals surface area (Å²) in [6.45, 7) is 2.02. The van der Waals surface area contributed by atoms with E-state index in [0.29, 0.717) is 12.1 Å². The van der Waals surface area contributed by atoms with Crippen molar-refractivity contribution in [1.29, 1.82) is 0 Å². The molecule has 3 nitrogen and oxygen atoms in total. The lowest BCUT2D eigenvalue weighted by Crippen LogP contribution is -2.28. The lowest BCUT2D eigenvalue weighted by molar-refractivity contribution is 0.103. The molecule has 2 N–H and O–H groups in total. The summed E-state index contributed by atoms with van der Waals surface area (Å²) in [7, 11) is 0. The molecule has 2 atom stereocenters. The molecule has 2 heterocycles. The Kier molecular flexibility index (Phi) is 3.70. The predicted octanol–water partition coefficient (Wildman–Crippen LogP) is 3.70. The van der Waals surface area contributed by atoms with Crippen LogP contribution in [0.25, 0.3) is 10.9 Å². The van der Waals surface area contributed by atoms with Crippen LogP contribution in [0, 0.1) is 0 Å². The number of hydrogen-bond donors (Lipinski definition) is 2. The first-order valence-corrected chi connectivity index (χ1v) is 8.36. The Morgan fingerprint density at radius 3 is 3.05 bits per heavy atom. The van der Waals surface area contributed by atoms with Crippen LogP contribution in [0.5, 0.6) is 0 Å². The van der Waals surface area contributed by atoms with Crippen LogP contribution in [0.3, 0.4) is 0 Å². The van der Waals surface area contributed by atoms with Crippen molar-refractivity contribution >= 4 is 10.9 Å². The maximum Gasteiger partial charge on any atom is 0.0588 e. The molecule has 0 amide bonds. The van der Waals surface area contributed by atoms with Crippen LogP contribution in [-0.2, 0) is 11.2 Å². The molecule has 2 aliphatic rings. The lowest BCUT2D eigenvalue weighted by atomic mass is 9.91. The summed E-state index contributed by atoms with van der Waals surface area (Å²) >= 11 is 0. The molecule has 1 aromatic heterocycles. The number of aryl methyl sites for hydroxylation is 1. The van der Waals surface area contributed by atoms with E-state index in [2.05, 4.69) is 34.6 Å². The van der Waals surface area contributed by atoms with Crippen molar-refractivity contribution in [2.45, 2.75) is 50.7 Å². The number of aromatic nitrogens is 1. The normalized spacial score (nSPS) is 25.3. The molecule has 0 bridgehead atoms. The van der Waals surface area contributed by atoms with Gasteiger partial charge in [0.05, 0.1) is 6.10 Å². The van der Waals surface area contributed by atoms with E-state index in [0.717, 1.165) is 19.6 Å². The van der Waals surface area contributed by atoms with E-state index in [1.165, 1.54) is 54.3 Å². The molecule has 3 heteroatoms. The number of rotatable bonds is 4. The van der Waals surface area contributed by atoms with Crippen LogP contribution in [0.1, 0.15) is 49.4 Å². The molecule has 0 spiro atoms. The number of ether oxygens (including phenoxy) is 1. The van der Waals surface area contributed by atoms with Gasteiger partial charge in [-0.05, 0) is 56.7 Å². The van der Waals surface area contributed by atoms with Crippen molar-refractivity contribution in [1.82, 2.24) is 10.3 Å². The fraction of sp³-hybridized carbons (Fsp3) is 0.556. The van der Waals surface area contributed by atoms with E-state index < -0.39 is 0 Å². The van der Waals surface area contributed by atoms with Crippen molar-refractivity contribution in [2.24, 2.45) is 0 Å². The SMILES string of the molecule is c1ccc2c3c([nH]c2c1)C(NCCC1CCCO1)CCC3. The number of aromatic amines is 1. The standard InChI is InChI=1S/C18H24N2O/c1-2-8-16-14(6-1)15-7-3-9-17(18(15)20-16)19-11-10-13-5-4-12-21-13/h1-2,6,8,13,17,19-20H,3-5,7,9-12H2. The maximum absolute atomic E-state index is 5.71. The topological polar surface area (TPSA) is 37.0 Å². The Morgan fingerprint density at radius 1 is 1.19 bits per heavy atom. The van der Waals surface area contributed by atoms with E-state index >= 15 is 0 Å². The third-order valence-electron chi connectivity index (χ3n) is 5.00. The van der Waals surface area contributed by atoms with Gasteiger partial charge in [-0.2, -0.15) is 0 Å². The highest BCUT2D eigenvalue weighted by Gasteiger charge is 2.24. The Labute approximate surface area is 126 Å². The molecule has 21 heavy (non-hydrogen) atoms. The average molecular weight is 284 g/mol.